The van der Waals surface area contributed by atoms with Crippen molar-refractivity contribution in [1.82, 2.24) is 5.32 Å². The van der Waals surface area contributed by atoms with Gasteiger partial charge in [0.15, 0.2) is 12.4 Å². The molecule has 0 spiro atoms. The van der Waals surface area contributed by atoms with Gasteiger partial charge in [-0.05, 0) is 37.3 Å². The van der Waals surface area contributed by atoms with Crippen molar-refractivity contribution in [3.05, 3.63) is 52.4 Å². The van der Waals surface area contributed by atoms with Crippen LogP contribution in [-0.2, 0) is 14.3 Å². The maximum absolute atomic E-state index is 11.8. The van der Waals surface area contributed by atoms with E-state index in [1.54, 1.807) is 12.1 Å². The number of esters is 1. The number of ether oxygens (including phenoxy) is 1. The molecule has 1 atom stereocenters. The second kappa shape index (κ2) is 8.55. The molecule has 132 valence electrons. The zero-order valence-corrected chi connectivity index (χ0v) is 14.6. The molecular weight excluding hydrogens is 371 g/mol. The van der Waals surface area contributed by atoms with Gasteiger partial charge in [0.05, 0.1) is 17.0 Å². The van der Waals surface area contributed by atoms with Gasteiger partial charge in [0.25, 0.3) is 11.8 Å². The summed E-state index contributed by atoms with van der Waals surface area (Å²) in [5.41, 5.74) is 0.300. The molecule has 0 radical (unpaired) electrons. The van der Waals surface area contributed by atoms with Crippen molar-refractivity contribution in [2.75, 3.05) is 11.9 Å². The third-order valence-electron chi connectivity index (χ3n) is 2.99. The van der Waals surface area contributed by atoms with Crippen molar-refractivity contribution in [2.24, 2.45) is 0 Å². The number of rotatable bonds is 6. The Kier molecular flexibility index (Phi) is 6.44. The molecule has 0 saturated carbocycles. The van der Waals surface area contributed by atoms with Crippen molar-refractivity contribution < 1.29 is 23.5 Å². The van der Waals surface area contributed by atoms with E-state index < -0.39 is 30.4 Å². The number of furan rings is 1. The molecule has 7 nitrogen and oxygen atoms in total. The average molecular weight is 385 g/mol. The number of halogens is 2. The first kappa shape index (κ1) is 18.8. The first-order valence-electron chi connectivity index (χ1n) is 7.12. The smallest absolute Gasteiger partial charge is 0.328 e. The Morgan fingerprint density at radius 2 is 2.00 bits per heavy atom. The number of carbonyl (C=O) groups excluding carboxylic acids is 3. The van der Waals surface area contributed by atoms with Gasteiger partial charge in [-0.1, -0.05) is 23.2 Å². The summed E-state index contributed by atoms with van der Waals surface area (Å²) in [6.07, 6.45) is 1.34. The number of carbonyl (C=O) groups is 3. The largest absolute Gasteiger partial charge is 0.459 e. The van der Waals surface area contributed by atoms with Crippen LogP contribution in [-0.4, -0.2) is 30.4 Å². The van der Waals surface area contributed by atoms with Crippen LogP contribution in [0.3, 0.4) is 0 Å². The van der Waals surface area contributed by atoms with E-state index in [1.165, 1.54) is 31.4 Å². The highest BCUT2D eigenvalue weighted by atomic mass is 35.5. The van der Waals surface area contributed by atoms with E-state index in [2.05, 4.69) is 10.6 Å². The van der Waals surface area contributed by atoms with E-state index in [-0.39, 0.29) is 5.76 Å². The van der Waals surface area contributed by atoms with Crippen LogP contribution in [0.1, 0.15) is 17.5 Å². The molecule has 0 aliphatic heterocycles. The van der Waals surface area contributed by atoms with Gasteiger partial charge in [-0.15, -0.1) is 0 Å². The van der Waals surface area contributed by atoms with Crippen LogP contribution >= 0.6 is 23.2 Å². The highest BCUT2D eigenvalue weighted by Gasteiger charge is 2.20. The summed E-state index contributed by atoms with van der Waals surface area (Å²) >= 11 is 11.7. The van der Waals surface area contributed by atoms with Crippen molar-refractivity contribution in [2.45, 2.75) is 13.0 Å². The van der Waals surface area contributed by atoms with Crippen LogP contribution < -0.4 is 10.6 Å². The zero-order valence-electron chi connectivity index (χ0n) is 13.0. The van der Waals surface area contributed by atoms with E-state index in [0.717, 1.165) is 0 Å². The molecule has 0 unspecified atom stereocenters. The zero-order chi connectivity index (χ0) is 18.4. The van der Waals surface area contributed by atoms with Gasteiger partial charge in [0.1, 0.15) is 6.04 Å². The van der Waals surface area contributed by atoms with Crippen LogP contribution in [0.15, 0.2) is 41.0 Å². The number of anilines is 1. The maximum atomic E-state index is 11.8. The predicted octanol–water partition coefficient (Wildman–Crippen LogP) is 2.89. The Morgan fingerprint density at radius 1 is 1.24 bits per heavy atom. The van der Waals surface area contributed by atoms with Gasteiger partial charge in [-0.3, -0.25) is 9.59 Å². The van der Waals surface area contributed by atoms with Crippen molar-refractivity contribution in [3.63, 3.8) is 0 Å². The topological polar surface area (TPSA) is 97.6 Å². The molecule has 2 rings (SSSR count). The Bertz CT molecular complexity index is 777. The van der Waals surface area contributed by atoms with Crippen molar-refractivity contribution >= 4 is 46.7 Å². The Hall–Kier alpha value is -2.51. The lowest BCUT2D eigenvalue weighted by Gasteiger charge is -2.13. The van der Waals surface area contributed by atoms with Crippen LogP contribution in [0.25, 0.3) is 0 Å². The fourth-order valence-corrected chi connectivity index (χ4v) is 2.11. The second-order valence-electron chi connectivity index (χ2n) is 4.95. The second-order valence-corrected chi connectivity index (χ2v) is 5.80. The molecule has 0 fully saturated rings. The maximum Gasteiger partial charge on any atom is 0.328 e. The average Bonchev–Trinajstić information content (AvgIpc) is 3.10. The first-order chi connectivity index (χ1) is 11.9. The molecule has 1 aromatic heterocycles. The van der Waals surface area contributed by atoms with Crippen LogP contribution in [0.5, 0.6) is 0 Å². The highest BCUT2D eigenvalue weighted by molar-refractivity contribution is 6.35. The van der Waals surface area contributed by atoms with E-state index in [9.17, 15) is 14.4 Å². The van der Waals surface area contributed by atoms with Crippen molar-refractivity contribution in [3.8, 4) is 0 Å². The molecule has 2 amide bonds. The summed E-state index contributed by atoms with van der Waals surface area (Å²) in [5.74, 6) is -1.87. The highest BCUT2D eigenvalue weighted by Crippen LogP contribution is 2.25. The van der Waals surface area contributed by atoms with E-state index in [4.69, 9.17) is 32.4 Å². The monoisotopic (exact) mass is 384 g/mol. The molecule has 0 aliphatic carbocycles. The Labute approximate surface area is 153 Å². The first-order valence-corrected chi connectivity index (χ1v) is 7.88. The van der Waals surface area contributed by atoms with Gasteiger partial charge in [0, 0.05) is 5.02 Å². The molecule has 2 aromatic rings. The number of hydrogen-bond donors (Lipinski definition) is 2. The molecule has 1 aromatic carbocycles. The molecular formula is C16H14Cl2N2O5. The fraction of sp³-hybridized carbons (Fsp3) is 0.188. The van der Waals surface area contributed by atoms with Gasteiger partial charge < -0.3 is 19.8 Å². The molecule has 0 saturated heterocycles. The summed E-state index contributed by atoms with van der Waals surface area (Å²) < 4.78 is 9.76. The SMILES string of the molecule is C[C@H](NC(=O)c1ccco1)C(=O)OCC(=O)Nc1cc(Cl)ccc1Cl. The normalized spacial score (nSPS) is 11.5. The number of amides is 2. The summed E-state index contributed by atoms with van der Waals surface area (Å²) in [5, 5.41) is 5.56. The quantitative estimate of drug-likeness (QED) is 0.746. The molecule has 25 heavy (non-hydrogen) atoms. The summed E-state index contributed by atoms with van der Waals surface area (Å²) in [4.78, 5) is 35.4. The lowest BCUT2D eigenvalue weighted by Crippen LogP contribution is -2.40. The van der Waals surface area contributed by atoms with E-state index in [0.29, 0.717) is 15.7 Å². The lowest BCUT2D eigenvalue weighted by atomic mass is 10.3. The molecule has 0 bridgehead atoms. The number of benzene rings is 1. The van der Waals surface area contributed by atoms with Gasteiger partial charge in [-0.2, -0.15) is 0 Å². The molecule has 1 heterocycles. The van der Waals surface area contributed by atoms with Gasteiger partial charge >= 0.3 is 5.97 Å². The van der Waals surface area contributed by atoms with E-state index >= 15 is 0 Å². The van der Waals surface area contributed by atoms with Gasteiger partial charge in [0.2, 0.25) is 0 Å². The number of nitrogens with one attached hydrogen (secondary N) is 2. The minimum Gasteiger partial charge on any atom is -0.459 e. The van der Waals surface area contributed by atoms with Gasteiger partial charge in [-0.25, -0.2) is 4.79 Å². The molecule has 0 aliphatic rings. The Balaban J connectivity index is 1.81. The molecule has 9 heteroatoms. The Morgan fingerprint density at radius 3 is 2.68 bits per heavy atom. The van der Waals surface area contributed by atoms with Crippen LogP contribution in [0.4, 0.5) is 5.69 Å². The predicted molar refractivity (Wildman–Crippen MR) is 91.7 cm³/mol. The summed E-state index contributed by atoms with van der Waals surface area (Å²) in [6, 6.07) is 6.61. The summed E-state index contributed by atoms with van der Waals surface area (Å²) in [6.45, 7) is 0.886. The van der Waals surface area contributed by atoms with Crippen LogP contribution in [0.2, 0.25) is 10.0 Å². The third-order valence-corrected chi connectivity index (χ3v) is 3.56. The fourth-order valence-electron chi connectivity index (χ4n) is 1.78. The van der Waals surface area contributed by atoms with E-state index in [1.807, 2.05) is 0 Å². The molecule has 2 N–H and O–H groups in total. The minimum absolute atomic E-state index is 0.0630. The standard InChI is InChI=1S/C16H14Cl2N2O5/c1-9(19-15(22)13-3-2-6-24-13)16(23)25-8-14(21)20-12-7-10(17)4-5-11(12)18/h2-7,9H,8H2,1H3,(H,19,22)(H,20,21)/t9-/m0/s1. The third kappa shape index (κ3) is 5.51. The number of hydrogen-bond acceptors (Lipinski definition) is 5. The van der Waals surface area contributed by atoms with Crippen molar-refractivity contribution in [1.29, 1.82) is 0 Å². The van der Waals surface area contributed by atoms with Crippen LogP contribution in [0, 0.1) is 0 Å². The minimum atomic E-state index is -0.958. The summed E-state index contributed by atoms with van der Waals surface area (Å²) in [7, 11) is 0. The lowest BCUT2D eigenvalue weighted by molar-refractivity contribution is -0.148.